The first-order chi connectivity index (χ1) is 8.60. The zero-order chi connectivity index (χ0) is 13.1. The van der Waals surface area contributed by atoms with Crippen LogP contribution in [-0.2, 0) is 0 Å². The van der Waals surface area contributed by atoms with Crippen molar-refractivity contribution in [2.45, 2.75) is 0 Å². The zero-order valence-corrected chi connectivity index (χ0v) is 10.3. The normalized spacial score (nSPS) is 10.1. The summed E-state index contributed by atoms with van der Waals surface area (Å²) in [6.45, 7) is 0. The first-order valence-electron chi connectivity index (χ1n) is 5.10. The second-order valence-electron chi connectivity index (χ2n) is 3.51. The van der Waals surface area contributed by atoms with E-state index in [1.807, 2.05) is 0 Å². The molecule has 2 aromatic rings. The molecule has 6 heteroatoms. The van der Waals surface area contributed by atoms with E-state index in [9.17, 15) is 4.79 Å². The molecule has 0 saturated carbocycles. The standard InChI is InChI=1S/C12H11ClN2O3/c1-17-9-3-2-7(6-8(9)14)15-12(16)10-4-5-11(13)18-10/h2-6H,14H2,1H3,(H,15,16). The van der Waals surface area contributed by atoms with Crippen molar-refractivity contribution in [3.63, 3.8) is 0 Å². The Morgan fingerprint density at radius 1 is 1.39 bits per heavy atom. The molecule has 0 unspecified atom stereocenters. The molecule has 0 spiro atoms. The molecule has 18 heavy (non-hydrogen) atoms. The molecule has 0 bridgehead atoms. The van der Waals surface area contributed by atoms with E-state index in [2.05, 4.69) is 5.32 Å². The number of amides is 1. The lowest BCUT2D eigenvalue weighted by Gasteiger charge is -2.07. The third kappa shape index (κ3) is 2.57. The quantitative estimate of drug-likeness (QED) is 0.838. The highest BCUT2D eigenvalue weighted by atomic mass is 35.5. The Balaban J connectivity index is 2.14. The Bertz CT molecular complexity index is 580. The molecule has 0 atom stereocenters. The summed E-state index contributed by atoms with van der Waals surface area (Å²) in [5.74, 6) is 0.287. The molecule has 1 aromatic carbocycles. The van der Waals surface area contributed by atoms with Crippen molar-refractivity contribution in [3.8, 4) is 5.75 Å². The summed E-state index contributed by atoms with van der Waals surface area (Å²) in [5.41, 5.74) is 6.71. The largest absolute Gasteiger partial charge is 0.495 e. The van der Waals surface area contributed by atoms with Crippen LogP contribution in [0.1, 0.15) is 10.6 Å². The predicted octanol–water partition coefficient (Wildman–Crippen LogP) is 2.78. The van der Waals surface area contributed by atoms with Gasteiger partial charge < -0.3 is 20.2 Å². The molecule has 0 aliphatic heterocycles. The highest BCUT2D eigenvalue weighted by molar-refractivity contribution is 6.29. The molecule has 0 aliphatic carbocycles. The van der Waals surface area contributed by atoms with Crippen molar-refractivity contribution >= 4 is 28.9 Å². The van der Waals surface area contributed by atoms with Gasteiger partial charge in [-0.05, 0) is 41.9 Å². The fraction of sp³-hybridized carbons (Fsp3) is 0.0833. The van der Waals surface area contributed by atoms with Gasteiger partial charge in [-0.1, -0.05) is 0 Å². The number of hydrogen-bond donors (Lipinski definition) is 2. The Morgan fingerprint density at radius 2 is 2.17 bits per heavy atom. The fourth-order valence-corrected chi connectivity index (χ4v) is 1.59. The number of nitrogen functional groups attached to an aromatic ring is 1. The monoisotopic (exact) mass is 266 g/mol. The number of rotatable bonds is 3. The van der Waals surface area contributed by atoms with E-state index in [-0.39, 0.29) is 11.0 Å². The van der Waals surface area contributed by atoms with E-state index in [4.69, 9.17) is 26.5 Å². The van der Waals surface area contributed by atoms with E-state index < -0.39 is 5.91 Å². The molecule has 3 N–H and O–H groups in total. The number of furan rings is 1. The average molecular weight is 267 g/mol. The first-order valence-corrected chi connectivity index (χ1v) is 5.48. The summed E-state index contributed by atoms with van der Waals surface area (Å²) in [6.07, 6.45) is 0. The van der Waals surface area contributed by atoms with Gasteiger partial charge in [0.1, 0.15) is 5.75 Å². The zero-order valence-electron chi connectivity index (χ0n) is 9.57. The maximum Gasteiger partial charge on any atom is 0.291 e. The molecule has 2 rings (SSSR count). The van der Waals surface area contributed by atoms with Crippen molar-refractivity contribution in [1.29, 1.82) is 0 Å². The van der Waals surface area contributed by atoms with Crippen LogP contribution in [0.3, 0.4) is 0 Å². The summed E-state index contributed by atoms with van der Waals surface area (Å²) in [7, 11) is 1.52. The third-order valence-electron chi connectivity index (χ3n) is 2.28. The molecule has 0 fully saturated rings. The minimum Gasteiger partial charge on any atom is -0.495 e. The SMILES string of the molecule is COc1ccc(NC(=O)c2ccc(Cl)o2)cc1N. The van der Waals surface area contributed by atoms with Gasteiger partial charge in [0.05, 0.1) is 12.8 Å². The maximum absolute atomic E-state index is 11.8. The number of carbonyl (C=O) groups is 1. The van der Waals surface area contributed by atoms with Crippen LogP contribution in [0.15, 0.2) is 34.7 Å². The van der Waals surface area contributed by atoms with Crippen molar-refractivity contribution in [3.05, 3.63) is 41.3 Å². The van der Waals surface area contributed by atoms with Crippen LogP contribution in [0.5, 0.6) is 5.75 Å². The molecule has 0 saturated heterocycles. The number of halogens is 1. The van der Waals surface area contributed by atoms with E-state index in [0.717, 1.165) is 0 Å². The second-order valence-corrected chi connectivity index (χ2v) is 3.89. The number of hydrogen-bond acceptors (Lipinski definition) is 4. The molecule has 94 valence electrons. The lowest BCUT2D eigenvalue weighted by Crippen LogP contribution is -2.11. The number of carbonyl (C=O) groups excluding carboxylic acids is 1. The number of nitrogens with one attached hydrogen (secondary N) is 1. The maximum atomic E-state index is 11.8. The average Bonchev–Trinajstić information content (AvgIpc) is 2.76. The van der Waals surface area contributed by atoms with E-state index >= 15 is 0 Å². The van der Waals surface area contributed by atoms with Crippen LogP contribution in [0.25, 0.3) is 0 Å². The molecule has 0 radical (unpaired) electrons. The number of anilines is 2. The van der Waals surface area contributed by atoms with Crippen molar-refractivity contribution in [1.82, 2.24) is 0 Å². The van der Waals surface area contributed by atoms with Crippen LogP contribution in [-0.4, -0.2) is 13.0 Å². The van der Waals surface area contributed by atoms with Gasteiger partial charge in [0.15, 0.2) is 11.0 Å². The first kappa shape index (κ1) is 12.3. The summed E-state index contributed by atoms with van der Waals surface area (Å²) in [4.78, 5) is 11.8. The van der Waals surface area contributed by atoms with Gasteiger partial charge in [0.2, 0.25) is 0 Å². The van der Waals surface area contributed by atoms with Crippen LogP contribution < -0.4 is 15.8 Å². The molecule has 1 amide bonds. The van der Waals surface area contributed by atoms with E-state index in [0.29, 0.717) is 17.1 Å². The summed E-state index contributed by atoms with van der Waals surface area (Å²) in [5, 5.41) is 2.80. The van der Waals surface area contributed by atoms with E-state index in [1.54, 1.807) is 18.2 Å². The molecular formula is C12H11ClN2O3. The van der Waals surface area contributed by atoms with Gasteiger partial charge in [0, 0.05) is 5.69 Å². The van der Waals surface area contributed by atoms with Gasteiger partial charge in [-0.2, -0.15) is 0 Å². The second kappa shape index (κ2) is 5.01. The van der Waals surface area contributed by atoms with Crippen molar-refractivity contribution < 1.29 is 13.9 Å². The lowest BCUT2D eigenvalue weighted by molar-refractivity contribution is 0.0997. The topological polar surface area (TPSA) is 77.5 Å². The smallest absolute Gasteiger partial charge is 0.291 e. The molecule has 0 aliphatic rings. The van der Waals surface area contributed by atoms with Gasteiger partial charge in [-0.15, -0.1) is 0 Å². The summed E-state index contributed by atoms with van der Waals surface area (Å²) in [6, 6.07) is 7.93. The highest BCUT2D eigenvalue weighted by Gasteiger charge is 2.11. The Morgan fingerprint density at radius 3 is 2.72 bits per heavy atom. The Hall–Kier alpha value is -2.14. The van der Waals surface area contributed by atoms with Crippen LogP contribution >= 0.6 is 11.6 Å². The number of nitrogens with two attached hydrogens (primary N) is 1. The molecule has 1 heterocycles. The van der Waals surface area contributed by atoms with Gasteiger partial charge in [-0.3, -0.25) is 4.79 Å². The van der Waals surface area contributed by atoms with Crippen molar-refractivity contribution in [2.75, 3.05) is 18.2 Å². The Kier molecular flexibility index (Phi) is 3.43. The lowest BCUT2D eigenvalue weighted by atomic mass is 10.2. The van der Waals surface area contributed by atoms with Crippen LogP contribution in [0.2, 0.25) is 5.22 Å². The third-order valence-corrected chi connectivity index (χ3v) is 2.49. The number of benzene rings is 1. The molecule has 5 nitrogen and oxygen atoms in total. The molecular weight excluding hydrogens is 256 g/mol. The molecule has 1 aromatic heterocycles. The van der Waals surface area contributed by atoms with Gasteiger partial charge >= 0.3 is 0 Å². The summed E-state index contributed by atoms with van der Waals surface area (Å²) >= 11 is 5.59. The van der Waals surface area contributed by atoms with Crippen LogP contribution in [0, 0.1) is 0 Å². The fourth-order valence-electron chi connectivity index (χ4n) is 1.44. The minimum absolute atomic E-state index is 0.134. The number of ether oxygens (including phenoxy) is 1. The predicted molar refractivity (Wildman–Crippen MR) is 69.1 cm³/mol. The Labute approximate surface area is 108 Å². The highest BCUT2D eigenvalue weighted by Crippen LogP contribution is 2.25. The van der Waals surface area contributed by atoms with Crippen molar-refractivity contribution in [2.24, 2.45) is 0 Å². The summed E-state index contributed by atoms with van der Waals surface area (Å²) < 4.78 is 10.0. The minimum atomic E-state index is -0.397. The number of methoxy groups -OCH3 is 1. The van der Waals surface area contributed by atoms with Gasteiger partial charge in [-0.25, -0.2) is 0 Å². The van der Waals surface area contributed by atoms with Gasteiger partial charge in [0.25, 0.3) is 5.91 Å². The van der Waals surface area contributed by atoms with E-state index in [1.165, 1.54) is 19.2 Å². The van der Waals surface area contributed by atoms with Crippen LogP contribution in [0.4, 0.5) is 11.4 Å².